The van der Waals surface area contributed by atoms with Crippen molar-refractivity contribution in [1.82, 2.24) is 0 Å². The predicted octanol–water partition coefficient (Wildman–Crippen LogP) is 3.95. The Bertz CT molecular complexity index is 638. The average molecular weight is 338 g/mol. The van der Waals surface area contributed by atoms with Crippen LogP contribution in [0.4, 0.5) is 10.1 Å². The molecule has 0 aliphatic heterocycles. The molecule has 5 heteroatoms. The Balaban J connectivity index is 2.20. The summed E-state index contributed by atoms with van der Waals surface area (Å²) in [6.07, 6.45) is 0. The molecule has 0 radical (unpaired) electrons. The number of carbonyl (C=O) groups is 1. The van der Waals surface area contributed by atoms with E-state index in [1.165, 1.54) is 19.1 Å². The lowest BCUT2D eigenvalue weighted by molar-refractivity contribution is 0.101. The van der Waals surface area contributed by atoms with E-state index in [2.05, 4.69) is 15.9 Å². The van der Waals surface area contributed by atoms with Gasteiger partial charge >= 0.3 is 0 Å². The SMILES string of the molecule is CC(=O)c1cc(N)ccc1OCc1cc(F)cc(Br)c1. The van der Waals surface area contributed by atoms with Crippen molar-refractivity contribution in [3.05, 3.63) is 57.8 Å². The second-order valence-electron chi connectivity index (χ2n) is 4.38. The van der Waals surface area contributed by atoms with E-state index in [0.29, 0.717) is 27.0 Å². The highest BCUT2D eigenvalue weighted by atomic mass is 79.9. The molecule has 2 aromatic carbocycles. The van der Waals surface area contributed by atoms with Crippen LogP contribution < -0.4 is 10.5 Å². The zero-order valence-corrected chi connectivity index (χ0v) is 12.4. The van der Waals surface area contributed by atoms with Crippen LogP contribution in [-0.4, -0.2) is 5.78 Å². The predicted molar refractivity (Wildman–Crippen MR) is 79.3 cm³/mol. The molecule has 0 bridgehead atoms. The van der Waals surface area contributed by atoms with E-state index in [1.807, 2.05) is 0 Å². The van der Waals surface area contributed by atoms with E-state index in [-0.39, 0.29) is 18.2 Å². The molecule has 3 nitrogen and oxygen atoms in total. The summed E-state index contributed by atoms with van der Waals surface area (Å²) in [5.41, 5.74) is 7.23. The minimum absolute atomic E-state index is 0.132. The van der Waals surface area contributed by atoms with Gasteiger partial charge in [0.2, 0.25) is 0 Å². The first-order valence-corrected chi connectivity index (χ1v) is 6.73. The zero-order chi connectivity index (χ0) is 14.7. The topological polar surface area (TPSA) is 52.3 Å². The summed E-state index contributed by atoms with van der Waals surface area (Å²) in [7, 11) is 0. The minimum atomic E-state index is -0.345. The van der Waals surface area contributed by atoms with Crippen LogP contribution in [0.2, 0.25) is 0 Å². The quantitative estimate of drug-likeness (QED) is 0.678. The first-order valence-electron chi connectivity index (χ1n) is 5.94. The molecule has 0 fully saturated rings. The van der Waals surface area contributed by atoms with Gasteiger partial charge in [-0.15, -0.1) is 0 Å². The third-order valence-corrected chi connectivity index (χ3v) is 3.16. The number of ketones is 1. The maximum Gasteiger partial charge on any atom is 0.163 e. The summed E-state index contributed by atoms with van der Waals surface area (Å²) in [4.78, 5) is 11.5. The first-order chi connectivity index (χ1) is 9.45. The highest BCUT2D eigenvalue weighted by Gasteiger charge is 2.09. The molecule has 104 valence electrons. The number of Topliss-reactive ketones (excluding diaryl/α,β-unsaturated/α-hetero) is 1. The zero-order valence-electron chi connectivity index (χ0n) is 10.8. The standard InChI is InChI=1S/C15H13BrFNO2/c1-9(19)14-7-13(18)2-3-15(14)20-8-10-4-11(16)6-12(17)5-10/h2-7H,8,18H2,1H3. The highest BCUT2D eigenvalue weighted by Crippen LogP contribution is 2.24. The molecule has 0 saturated carbocycles. The summed E-state index contributed by atoms with van der Waals surface area (Å²) in [6, 6.07) is 9.37. The van der Waals surface area contributed by atoms with Crippen molar-refractivity contribution < 1.29 is 13.9 Å². The van der Waals surface area contributed by atoms with Crippen LogP contribution in [0, 0.1) is 5.82 Å². The molecule has 0 aliphatic carbocycles. The van der Waals surface area contributed by atoms with Crippen LogP contribution >= 0.6 is 15.9 Å². The lowest BCUT2D eigenvalue weighted by atomic mass is 10.1. The molecule has 0 amide bonds. The second kappa shape index (κ2) is 6.05. The normalized spacial score (nSPS) is 10.3. The maximum absolute atomic E-state index is 13.3. The Kier molecular flexibility index (Phi) is 4.39. The highest BCUT2D eigenvalue weighted by molar-refractivity contribution is 9.10. The second-order valence-corrected chi connectivity index (χ2v) is 5.29. The van der Waals surface area contributed by atoms with Crippen LogP contribution in [-0.2, 0) is 6.61 Å². The van der Waals surface area contributed by atoms with Crippen molar-refractivity contribution >= 4 is 27.4 Å². The van der Waals surface area contributed by atoms with Gasteiger partial charge in [-0.25, -0.2) is 4.39 Å². The van der Waals surface area contributed by atoms with Gasteiger partial charge < -0.3 is 10.5 Å². The monoisotopic (exact) mass is 337 g/mol. The van der Waals surface area contributed by atoms with Crippen LogP contribution in [0.15, 0.2) is 40.9 Å². The molecule has 0 atom stereocenters. The van der Waals surface area contributed by atoms with Gasteiger partial charge in [0.05, 0.1) is 5.56 Å². The molecule has 0 saturated heterocycles. The number of hydrogen-bond acceptors (Lipinski definition) is 3. The fraction of sp³-hybridized carbons (Fsp3) is 0.133. The number of anilines is 1. The van der Waals surface area contributed by atoms with Crippen molar-refractivity contribution in [3.8, 4) is 5.75 Å². The van der Waals surface area contributed by atoms with E-state index in [1.54, 1.807) is 24.3 Å². The number of halogens is 2. The van der Waals surface area contributed by atoms with E-state index in [0.717, 1.165) is 0 Å². The minimum Gasteiger partial charge on any atom is -0.488 e. The summed E-state index contributed by atoms with van der Waals surface area (Å²) < 4.78 is 19.5. The molecule has 2 rings (SSSR count). The van der Waals surface area contributed by atoms with E-state index in [4.69, 9.17) is 10.5 Å². The first kappa shape index (κ1) is 14.5. The van der Waals surface area contributed by atoms with Gasteiger partial charge in [0.15, 0.2) is 5.78 Å². The van der Waals surface area contributed by atoms with Crippen molar-refractivity contribution in [3.63, 3.8) is 0 Å². The van der Waals surface area contributed by atoms with E-state index < -0.39 is 0 Å². The molecule has 2 N–H and O–H groups in total. The van der Waals surface area contributed by atoms with Gasteiger partial charge in [-0.1, -0.05) is 15.9 Å². The average Bonchev–Trinajstić information content (AvgIpc) is 2.36. The number of nitrogen functional groups attached to an aromatic ring is 1. The van der Waals surface area contributed by atoms with E-state index >= 15 is 0 Å². The van der Waals surface area contributed by atoms with Gasteiger partial charge in [0, 0.05) is 10.2 Å². The Morgan fingerprint density at radius 1 is 1.30 bits per heavy atom. The van der Waals surface area contributed by atoms with Gasteiger partial charge in [0.1, 0.15) is 18.2 Å². The molecule has 0 heterocycles. The molecule has 2 aromatic rings. The summed E-state index contributed by atoms with van der Waals surface area (Å²) in [6.45, 7) is 1.61. The molecule has 0 aromatic heterocycles. The fourth-order valence-electron chi connectivity index (χ4n) is 1.80. The smallest absolute Gasteiger partial charge is 0.163 e. The van der Waals surface area contributed by atoms with Crippen molar-refractivity contribution in [1.29, 1.82) is 0 Å². The lowest BCUT2D eigenvalue weighted by Gasteiger charge is -2.11. The van der Waals surface area contributed by atoms with E-state index in [9.17, 15) is 9.18 Å². The van der Waals surface area contributed by atoms with Gasteiger partial charge in [0.25, 0.3) is 0 Å². The number of hydrogen-bond donors (Lipinski definition) is 1. The van der Waals surface area contributed by atoms with Gasteiger partial charge in [-0.3, -0.25) is 4.79 Å². The third kappa shape index (κ3) is 3.57. The largest absolute Gasteiger partial charge is 0.488 e. The third-order valence-electron chi connectivity index (χ3n) is 2.70. The molecule has 0 unspecified atom stereocenters. The summed E-state index contributed by atoms with van der Waals surface area (Å²) in [5, 5.41) is 0. The molecular formula is C15H13BrFNO2. The van der Waals surface area contributed by atoms with Crippen molar-refractivity contribution in [2.45, 2.75) is 13.5 Å². The Morgan fingerprint density at radius 3 is 2.70 bits per heavy atom. The van der Waals surface area contributed by atoms with Gasteiger partial charge in [-0.2, -0.15) is 0 Å². The van der Waals surface area contributed by atoms with Gasteiger partial charge in [-0.05, 0) is 48.9 Å². The molecule has 0 spiro atoms. The van der Waals surface area contributed by atoms with Crippen molar-refractivity contribution in [2.75, 3.05) is 5.73 Å². The summed E-state index contributed by atoms with van der Waals surface area (Å²) in [5.74, 6) is -0.0399. The van der Waals surface area contributed by atoms with Crippen LogP contribution in [0.25, 0.3) is 0 Å². The van der Waals surface area contributed by atoms with Crippen LogP contribution in [0.5, 0.6) is 5.75 Å². The number of benzene rings is 2. The molecule has 20 heavy (non-hydrogen) atoms. The van der Waals surface area contributed by atoms with Crippen LogP contribution in [0.3, 0.4) is 0 Å². The number of nitrogens with two attached hydrogens (primary N) is 1. The maximum atomic E-state index is 13.3. The molecular weight excluding hydrogens is 325 g/mol. The fourth-order valence-corrected chi connectivity index (χ4v) is 2.32. The Labute approximate surface area is 124 Å². The Morgan fingerprint density at radius 2 is 2.05 bits per heavy atom. The number of rotatable bonds is 4. The van der Waals surface area contributed by atoms with Crippen molar-refractivity contribution in [2.24, 2.45) is 0 Å². The Hall–Kier alpha value is -1.88. The molecule has 0 aliphatic rings. The number of ether oxygens (including phenoxy) is 1. The summed E-state index contributed by atoms with van der Waals surface area (Å²) >= 11 is 3.22. The van der Waals surface area contributed by atoms with Crippen LogP contribution in [0.1, 0.15) is 22.8 Å². The number of carbonyl (C=O) groups excluding carboxylic acids is 1. The lowest BCUT2D eigenvalue weighted by Crippen LogP contribution is -2.03.